The minimum absolute atomic E-state index is 0.300. The summed E-state index contributed by atoms with van der Waals surface area (Å²) in [5, 5.41) is 2.73. The molecule has 0 aliphatic carbocycles. The zero-order chi connectivity index (χ0) is 27.4. The van der Waals surface area contributed by atoms with Crippen LogP contribution >= 0.6 is 0 Å². The summed E-state index contributed by atoms with van der Waals surface area (Å²) in [5.41, 5.74) is 3.75. The lowest BCUT2D eigenvalue weighted by atomic mass is 10.1. The highest BCUT2D eigenvalue weighted by atomic mass is 28.3. The predicted octanol–water partition coefficient (Wildman–Crippen LogP) is 6.10. The number of carbonyl (C=O) groups excluding carboxylic acids is 1. The van der Waals surface area contributed by atoms with Crippen molar-refractivity contribution in [3.8, 4) is 34.3 Å². The Morgan fingerprint density at radius 2 is 1.97 bits per heavy atom. The molecule has 9 nitrogen and oxygen atoms in total. The van der Waals surface area contributed by atoms with Gasteiger partial charge in [-0.3, -0.25) is 4.79 Å². The quantitative estimate of drug-likeness (QED) is 0.146. The summed E-state index contributed by atoms with van der Waals surface area (Å²) in [4.78, 5) is 21.2. The van der Waals surface area contributed by atoms with Gasteiger partial charge < -0.3 is 28.8 Å². The molecule has 0 saturated carbocycles. The van der Waals surface area contributed by atoms with Crippen LogP contribution in [-0.2, 0) is 16.3 Å². The van der Waals surface area contributed by atoms with E-state index in [2.05, 4.69) is 36.5 Å². The molecule has 0 atom stereocenters. The van der Waals surface area contributed by atoms with Crippen LogP contribution in [0.25, 0.3) is 22.3 Å². The molecule has 0 fully saturated rings. The van der Waals surface area contributed by atoms with Crippen molar-refractivity contribution in [3.05, 3.63) is 67.5 Å². The van der Waals surface area contributed by atoms with Crippen molar-refractivity contribution in [2.24, 2.45) is 0 Å². The van der Waals surface area contributed by atoms with E-state index in [0.29, 0.717) is 60.8 Å². The predicted molar refractivity (Wildman–Crippen MR) is 153 cm³/mol. The van der Waals surface area contributed by atoms with Crippen molar-refractivity contribution < 1.29 is 23.7 Å². The highest BCUT2D eigenvalue weighted by Gasteiger charge is 2.19. The minimum atomic E-state index is -1.20. The molecule has 2 aromatic heterocycles. The number of benzene rings is 2. The number of rotatable bonds is 10. The van der Waals surface area contributed by atoms with E-state index in [-0.39, 0.29) is 5.91 Å². The van der Waals surface area contributed by atoms with Gasteiger partial charge >= 0.3 is 0 Å². The molecule has 0 bridgehead atoms. The second-order valence-electron chi connectivity index (χ2n) is 10.4. The fraction of sp³-hybridized carbons (Fsp3) is 0.276. The van der Waals surface area contributed by atoms with Gasteiger partial charge in [0.1, 0.15) is 31.2 Å². The molecule has 0 unspecified atom stereocenters. The molecule has 2 aromatic carbocycles. The number of hydrogen-bond donors (Lipinski definition) is 1. The zero-order valence-electron chi connectivity index (χ0n) is 22.4. The molecular formula is C29H32N4O5Si. The number of aromatic nitrogens is 3. The van der Waals surface area contributed by atoms with E-state index in [4.69, 9.17) is 23.9 Å². The first-order valence-electron chi connectivity index (χ1n) is 12.8. The van der Waals surface area contributed by atoms with Gasteiger partial charge in [-0.15, -0.1) is 0 Å². The number of fused-ring (bicyclic) bond motifs is 2. The maximum atomic E-state index is 11.7. The van der Waals surface area contributed by atoms with Crippen molar-refractivity contribution in [1.29, 1.82) is 0 Å². The molecule has 0 spiro atoms. The summed E-state index contributed by atoms with van der Waals surface area (Å²) in [6.07, 6.45) is 4.80. The first-order valence-corrected chi connectivity index (χ1v) is 16.5. The van der Waals surface area contributed by atoms with Crippen LogP contribution in [-0.4, -0.2) is 48.3 Å². The largest absolute Gasteiger partial charge is 0.486 e. The van der Waals surface area contributed by atoms with Crippen molar-refractivity contribution in [2.75, 3.05) is 25.1 Å². The molecule has 0 saturated heterocycles. The molecule has 39 heavy (non-hydrogen) atoms. The van der Waals surface area contributed by atoms with Crippen molar-refractivity contribution in [3.63, 3.8) is 0 Å². The maximum absolute atomic E-state index is 11.7. The molecule has 5 rings (SSSR count). The van der Waals surface area contributed by atoms with E-state index in [9.17, 15) is 4.79 Å². The Balaban J connectivity index is 1.47. The monoisotopic (exact) mass is 544 g/mol. The van der Waals surface area contributed by atoms with E-state index in [1.807, 2.05) is 29.0 Å². The molecule has 1 aliphatic rings. The maximum Gasteiger partial charge on any atom is 0.247 e. The number of carbonyl (C=O) groups is 1. The van der Waals surface area contributed by atoms with E-state index in [1.165, 1.54) is 6.08 Å². The first kappa shape index (κ1) is 26.5. The Kier molecular flexibility index (Phi) is 7.67. The van der Waals surface area contributed by atoms with E-state index < -0.39 is 8.07 Å². The zero-order valence-corrected chi connectivity index (χ0v) is 23.4. The summed E-state index contributed by atoms with van der Waals surface area (Å²) in [5.74, 6) is 1.96. The van der Waals surface area contributed by atoms with Gasteiger partial charge in [-0.1, -0.05) is 38.4 Å². The van der Waals surface area contributed by atoms with Crippen LogP contribution in [0.1, 0.15) is 0 Å². The van der Waals surface area contributed by atoms with Crippen LogP contribution in [0, 0.1) is 0 Å². The smallest absolute Gasteiger partial charge is 0.247 e. The van der Waals surface area contributed by atoms with E-state index >= 15 is 0 Å². The third kappa shape index (κ3) is 6.47. The highest BCUT2D eigenvalue weighted by molar-refractivity contribution is 6.76. The standard InChI is InChI=1S/C29H32N4O5Si/c1-5-26(34)31-21-7-6-8-22(16-21)38-27-17-30-29-28(32-27)23(18-33(29)19-35-13-14-39(2,3)4)20-9-10-24-25(15-20)37-12-11-36-24/h5-10,15-18H,1,11-14,19H2,2-4H3,(H,31,34). The SMILES string of the molecule is C=CC(=O)Nc1cccc(Oc2cnc3c(n2)c(-c2ccc4c(c2)OCCO4)cn3COCC[Si](C)(C)C)c1. The molecular weight excluding hydrogens is 512 g/mol. The molecule has 202 valence electrons. The van der Waals surface area contributed by atoms with Gasteiger partial charge in [0.2, 0.25) is 11.8 Å². The van der Waals surface area contributed by atoms with Gasteiger partial charge in [0.15, 0.2) is 17.1 Å². The Morgan fingerprint density at radius 3 is 2.77 bits per heavy atom. The second-order valence-corrected chi connectivity index (χ2v) is 16.0. The number of hydrogen-bond acceptors (Lipinski definition) is 7. The molecule has 3 heterocycles. The second kappa shape index (κ2) is 11.3. The third-order valence-corrected chi connectivity index (χ3v) is 7.84. The average Bonchev–Trinajstić information content (AvgIpc) is 3.28. The molecule has 1 amide bonds. The Bertz CT molecular complexity index is 1510. The topological polar surface area (TPSA) is 96.7 Å². The average molecular weight is 545 g/mol. The summed E-state index contributed by atoms with van der Waals surface area (Å²) in [7, 11) is -1.20. The first-order chi connectivity index (χ1) is 18.8. The Morgan fingerprint density at radius 1 is 1.15 bits per heavy atom. The van der Waals surface area contributed by atoms with Crippen LogP contribution in [0.3, 0.4) is 0 Å². The summed E-state index contributed by atoms with van der Waals surface area (Å²) in [6, 6.07) is 14.0. The van der Waals surface area contributed by atoms with E-state index in [1.54, 1.807) is 30.5 Å². The Labute approximate surface area is 228 Å². The lowest BCUT2D eigenvalue weighted by molar-refractivity contribution is -0.111. The van der Waals surface area contributed by atoms with Crippen molar-refractivity contribution >= 4 is 30.8 Å². The molecule has 4 aromatic rings. The van der Waals surface area contributed by atoms with Crippen LogP contribution in [0.2, 0.25) is 25.7 Å². The number of amides is 1. The lowest BCUT2D eigenvalue weighted by Crippen LogP contribution is -2.22. The van der Waals surface area contributed by atoms with Gasteiger partial charge in [0, 0.05) is 38.2 Å². The molecule has 1 N–H and O–H groups in total. The van der Waals surface area contributed by atoms with Crippen molar-refractivity contribution in [2.45, 2.75) is 32.4 Å². The van der Waals surface area contributed by atoms with Gasteiger partial charge in [0.05, 0.1) is 6.20 Å². The van der Waals surface area contributed by atoms with Crippen LogP contribution < -0.4 is 19.5 Å². The number of nitrogens with one attached hydrogen (secondary N) is 1. The van der Waals surface area contributed by atoms with Crippen molar-refractivity contribution in [1.82, 2.24) is 14.5 Å². The molecule has 0 radical (unpaired) electrons. The minimum Gasteiger partial charge on any atom is -0.486 e. The van der Waals surface area contributed by atoms with Crippen LogP contribution in [0.5, 0.6) is 23.1 Å². The van der Waals surface area contributed by atoms with Crippen LogP contribution in [0.4, 0.5) is 5.69 Å². The summed E-state index contributed by atoms with van der Waals surface area (Å²) in [6.45, 7) is 12.6. The number of nitrogens with zero attached hydrogens (tertiary/aromatic N) is 3. The third-order valence-electron chi connectivity index (χ3n) is 6.13. The number of anilines is 1. The Hall–Kier alpha value is -4.15. The van der Waals surface area contributed by atoms with E-state index in [0.717, 1.165) is 22.9 Å². The van der Waals surface area contributed by atoms with Gasteiger partial charge in [-0.2, -0.15) is 0 Å². The van der Waals surface area contributed by atoms with Crippen LogP contribution in [0.15, 0.2) is 67.5 Å². The van der Waals surface area contributed by atoms with Gasteiger partial charge in [-0.25, -0.2) is 9.97 Å². The number of ether oxygens (including phenoxy) is 4. The summed E-state index contributed by atoms with van der Waals surface area (Å²) >= 11 is 0. The molecule has 1 aliphatic heterocycles. The highest BCUT2D eigenvalue weighted by Crippen LogP contribution is 2.37. The fourth-order valence-electron chi connectivity index (χ4n) is 4.10. The van der Waals surface area contributed by atoms with Gasteiger partial charge in [0.25, 0.3) is 0 Å². The van der Waals surface area contributed by atoms with Gasteiger partial charge in [-0.05, 0) is 41.9 Å². The summed E-state index contributed by atoms with van der Waals surface area (Å²) < 4.78 is 25.6. The molecule has 10 heteroatoms. The normalized spacial score (nSPS) is 12.8. The lowest BCUT2D eigenvalue weighted by Gasteiger charge is -2.18. The fourth-order valence-corrected chi connectivity index (χ4v) is 4.85.